The molecule has 1 heterocycles. The molecule has 1 fully saturated rings. The lowest BCUT2D eigenvalue weighted by molar-refractivity contribution is -0.244. The summed E-state index contributed by atoms with van der Waals surface area (Å²) < 4.78 is 187. The Morgan fingerprint density at radius 2 is 0.898 bits per heavy atom. The number of benzene rings is 3. The lowest BCUT2D eigenvalue weighted by Crippen LogP contribution is -2.64. The van der Waals surface area contributed by atoms with Crippen molar-refractivity contribution in [2.24, 2.45) is 0 Å². The van der Waals surface area contributed by atoms with Crippen LogP contribution in [0.5, 0.6) is 0 Å². The van der Waals surface area contributed by atoms with Crippen molar-refractivity contribution in [1.82, 2.24) is 9.21 Å². The summed E-state index contributed by atoms with van der Waals surface area (Å²) in [5.41, 5.74) is -6.67. The van der Waals surface area contributed by atoms with E-state index in [4.69, 9.17) is 0 Å². The van der Waals surface area contributed by atoms with Gasteiger partial charge in [-0.25, -0.2) is 25.3 Å². The molecule has 22 heteroatoms. The molecule has 1 aliphatic heterocycles. The van der Waals surface area contributed by atoms with Crippen molar-refractivity contribution < 1.29 is 64.8 Å². The molecule has 0 aliphatic carbocycles. The average Bonchev–Trinajstić information content (AvgIpc) is 3.02. The van der Waals surface area contributed by atoms with Crippen LogP contribution in [0.2, 0.25) is 0 Å². The maximum atomic E-state index is 14.0. The molecule has 272 valence electrons. The molecule has 0 amide bonds. The van der Waals surface area contributed by atoms with Crippen LogP contribution in [0.1, 0.15) is 0 Å². The Morgan fingerprint density at radius 3 is 1.22 bits per heavy atom. The smallest absolute Gasteiger partial charge is 0.423 e. The van der Waals surface area contributed by atoms with Gasteiger partial charge in [-0.05, 0) is 43.4 Å². The van der Waals surface area contributed by atoms with E-state index in [1.54, 1.807) is 0 Å². The number of hydrogen-bond acceptors (Lipinski definition) is 7. The minimum Gasteiger partial charge on any atom is -0.423 e. The number of hydrogen-bond donors (Lipinski definition) is 0. The van der Waals surface area contributed by atoms with Crippen LogP contribution < -0.4 is 0 Å². The summed E-state index contributed by atoms with van der Waals surface area (Å²) in [7, 11) is -20.6. The van der Waals surface area contributed by atoms with Crippen LogP contribution in [0.3, 0.4) is 0 Å². The van der Waals surface area contributed by atoms with Crippen molar-refractivity contribution in [2.75, 3.05) is 33.2 Å². The van der Waals surface area contributed by atoms with Crippen molar-refractivity contribution in [2.45, 2.75) is 36.6 Å². The van der Waals surface area contributed by atoms with Crippen LogP contribution in [0.15, 0.2) is 106 Å². The molecule has 0 atom stereocenters. The number of halogens is 9. The maximum absolute atomic E-state index is 14.0. The average molecular weight is 788 g/mol. The Bertz CT molecular complexity index is 1790. The third-order valence-corrected chi connectivity index (χ3v) is 13.8. The highest BCUT2D eigenvalue weighted by atomic mass is 32.3. The van der Waals surface area contributed by atoms with E-state index < -0.39 is 65.1 Å². The van der Waals surface area contributed by atoms with Crippen LogP contribution in [-0.2, 0) is 41.0 Å². The van der Waals surface area contributed by atoms with E-state index in [1.165, 1.54) is 26.6 Å². The second-order valence-electron chi connectivity index (χ2n) is 10.0. The lowest BCUT2D eigenvalue weighted by atomic mass is 10.3. The number of sulfonamides is 3. The number of rotatable bonds is 10. The van der Waals surface area contributed by atoms with E-state index in [2.05, 4.69) is 91.0 Å². The van der Waals surface area contributed by atoms with Gasteiger partial charge in [-0.15, -0.1) is 0 Å². The fourth-order valence-electron chi connectivity index (χ4n) is 3.98. The van der Waals surface area contributed by atoms with Gasteiger partial charge in [-0.3, -0.25) is 0 Å². The lowest BCUT2D eigenvalue weighted by Gasteiger charge is -2.39. The van der Waals surface area contributed by atoms with Gasteiger partial charge < -0.3 is 9.03 Å². The predicted molar refractivity (Wildman–Crippen MR) is 162 cm³/mol. The molecule has 1 aliphatic rings. The Morgan fingerprint density at radius 1 is 0.551 bits per heavy atom. The minimum absolute atomic E-state index is 0.0146. The van der Waals surface area contributed by atoms with Crippen molar-refractivity contribution in [1.29, 1.82) is 0 Å². The van der Waals surface area contributed by atoms with Crippen molar-refractivity contribution >= 4 is 41.0 Å². The fraction of sp³-hybridized carbons (Fsp3) is 0.333. The molecule has 3 aromatic carbocycles. The summed E-state index contributed by atoms with van der Waals surface area (Å²) in [6, 6.07) is 32.2. The summed E-state index contributed by atoms with van der Waals surface area (Å²) in [6.07, 6.45) is 0. The molecule has 0 saturated carbocycles. The number of piperazine rings is 1. The summed E-state index contributed by atoms with van der Waals surface area (Å²) in [5, 5.41) is -14.3. The first-order valence-corrected chi connectivity index (χ1v) is 19.0. The van der Waals surface area contributed by atoms with E-state index in [0.717, 1.165) is 0 Å². The normalized spacial score (nSPS) is 16.2. The first kappa shape index (κ1) is 40.5. The standard InChI is InChI=1S/C18H15S.C9H11F9N3O6S3/c1-4-10-16(11-5-1)19(17-12-6-2-7-13-17)18-14-8-3-9-15-18;1-20-2-4-21(5-3-20)30(26,27)8(14,15)6(10,11)7(12,13)28(22,23)19-29(24,25)9(16,17)18/h1-15H;2-5H2,1H3/q+1;-1. The molecule has 0 aromatic heterocycles. The summed E-state index contributed by atoms with van der Waals surface area (Å²) >= 11 is 0. The van der Waals surface area contributed by atoms with Crippen molar-refractivity contribution in [3.05, 3.63) is 95.1 Å². The zero-order valence-electron chi connectivity index (χ0n) is 24.8. The third-order valence-electron chi connectivity index (χ3n) is 6.61. The number of alkyl halides is 9. The van der Waals surface area contributed by atoms with E-state index in [-0.39, 0.29) is 28.3 Å². The van der Waals surface area contributed by atoms with Gasteiger partial charge in [0.25, 0.3) is 10.0 Å². The van der Waals surface area contributed by atoms with E-state index in [0.29, 0.717) is 4.13 Å². The van der Waals surface area contributed by atoms with Crippen LogP contribution in [0.25, 0.3) is 4.13 Å². The van der Waals surface area contributed by atoms with Gasteiger partial charge in [0.15, 0.2) is 34.7 Å². The second kappa shape index (κ2) is 14.8. The van der Waals surface area contributed by atoms with Crippen LogP contribution in [0, 0.1) is 0 Å². The van der Waals surface area contributed by atoms with E-state index in [1.807, 2.05) is 0 Å². The molecule has 1 saturated heterocycles. The highest BCUT2D eigenvalue weighted by Crippen LogP contribution is 2.53. The zero-order valence-corrected chi connectivity index (χ0v) is 28.1. The van der Waals surface area contributed by atoms with Gasteiger partial charge in [0.2, 0.25) is 0 Å². The van der Waals surface area contributed by atoms with Gasteiger partial charge in [-0.1, -0.05) is 54.6 Å². The quantitative estimate of drug-likeness (QED) is 0.190. The van der Waals surface area contributed by atoms with Gasteiger partial charge in [-0.2, -0.15) is 43.8 Å². The van der Waals surface area contributed by atoms with Gasteiger partial charge in [0.05, 0.1) is 10.9 Å². The highest BCUT2D eigenvalue weighted by Gasteiger charge is 2.81. The molecule has 0 unspecified atom stereocenters. The third kappa shape index (κ3) is 8.37. The Labute approximate surface area is 279 Å². The van der Waals surface area contributed by atoms with Crippen LogP contribution in [-0.4, -0.2) is 89.6 Å². The van der Waals surface area contributed by atoms with Crippen molar-refractivity contribution in [3.63, 3.8) is 0 Å². The van der Waals surface area contributed by atoms with Gasteiger partial charge in [0.1, 0.15) is 0 Å². The first-order valence-electron chi connectivity index (χ1n) is 13.4. The van der Waals surface area contributed by atoms with E-state index >= 15 is 0 Å². The molecule has 3 aromatic rings. The molecule has 9 nitrogen and oxygen atoms in total. The van der Waals surface area contributed by atoms with Gasteiger partial charge >= 0.3 is 21.9 Å². The monoisotopic (exact) mass is 787 g/mol. The number of likely N-dealkylation sites (N-methyl/N-ethyl adjacent to an activating group) is 1. The minimum atomic E-state index is -7.88. The van der Waals surface area contributed by atoms with Gasteiger partial charge in [0, 0.05) is 26.2 Å². The molecule has 0 spiro atoms. The van der Waals surface area contributed by atoms with Crippen molar-refractivity contribution in [3.8, 4) is 0 Å². The number of nitrogens with zero attached hydrogens (tertiary/aromatic N) is 3. The Balaban J connectivity index is 0.000000291. The Hall–Kier alpha value is -2.89. The molecule has 0 N–H and O–H groups in total. The molecule has 49 heavy (non-hydrogen) atoms. The molecular formula is C27H26F9N3O6S4. The zero-order chi connectivity index (χ0) is 37.1. The largest absolute Gasteiger partial charge is 0.480 e. The topological polar surface area (TPSA) is 123 Å². The maximum Gasteiger partial charge on any atom is 0.480 e. The van der Waals surface area contributed by atoms with Crippen LogP contribution >= 0.6 is 0 Å². The summed E-state index contributed by atoms with van der Waals surface area (Å²) in [4.78, 5) is 5.42. The fourth-order valence-corrected chi connectivity index (χ4v) is 9.77. The molecule has 0 radical (unpaired) electrons. The molecule has 0 bridgehead atoms. The summed E-state index contributed by atoms with van der Waals surface area (Å²) in [6.45, 7) is -2.41. The van der Waals surface area contributed by atoms with E-state index in [9.17, 15) is 64.8 Å². The highest BCUT2D eigenvalue weighted by molar-refractivity contribution is 8.13. The second-order valence-corrected chi connectivity index (χ2v) is 17.5. The van der Waals surface area contributed by atoms with Crippen LogP contribution in [0.4, 0.5) is 39.5 Å². The summed E-state index contributed by atoms with van der Waals surface area (Å²) in [5.74, 6) is -7.42. The Kier molecular flexibility index (Phi) is 12.2. The SMILES string of the molecule is CN1CCN(S(=O)(=O)C(F)(F)C(F)(F)C(F)(F)S(=O)(=O)[N-]S(=O)(=O)C(F)(F)F)CC1.c1ccc([S+](c2ccccc2)c2ccccc2)cc1. The first-order chi connectivity index (χ1) is 22.4. The molecular weight excluding hydrogens is 762 g/mol. The molecule has 4 rings (SSSR count). The predicted octanol–water partition coefficient (Wildman–Crippen LogP) is 5.72.